The highest BCUT2D eigenvalue weighted by molar-refractivity contribution is 7.88. The summed E-state index contributed by atoms with van der Waals surface area (Å²) in [6.45, 7) is 7.72. The van der Waals surface area contributed by atoms with Gasteiger partial charge in [-0.3, -0.25) is 0 Å². The number of hydrogen-bond donors (Lipinski definition) is 1. The van der Waals surface area contributed by atoms with Gasteiger partial charge in [-0.25, -0.2) is 13.1 Å². The van der Waals surface area contributed by atoms with Gasteiger partial charge in [0.2, 0.25) is 10.0 Å². The molecule has 0 spiro atoms. The largest absolute Gasteiger partial charge is 0.312 e. The molecule has 0 bridgehead atoms. The van der Waals surface area contributed by atoms with Crippen molar-refractivity contribution in [3.8, 4) is 0 Å². The zero-order valence-electron chi connectivity index (χ0n) is 17.0. The van der Waals surface area contributed by atoms with Crippen LogP contribution in [-0.4, -0.2) is 54.0 Å². The van der Waals surface area contributed by atoms with E-state index >= 15 is 0 Å². The minimum absolute atomic E-state index is 0.0910. The van der Waals surface area contributed by atoms with Crippen LogP contribution in [0.3, 0.4) is 0 Å². The number of aromatic nitrogens is 3. The van der Waals surface area contributed by atoms with Crippen LogP contribution in [-0.2, 0) is 29.4 Å². The molecule has 28 heavy (non-hydrogen) atoms. The predicted octanol–water partition coefficient (Wildman–Crippen LogP) is 2.02. The molecule has 1 N–H and O–H groups in total. The molecule has 2 aromatic rings. The van der Waals surface area contributed by atoms with Gasteiger partial charge in [0.1, 0.15) is 5.82 Å². The van der Waals surface area contributed by atoms with Crippen molar-refractivity contribution >= 4 is 10.0 Å². The van der Waals surface area contributed by atoms with E-state index in [1.165, 1.54) is 11.8 Å². The molecule has 0 aliphatic carbocycles. The number of rotatable bonds is 8. The third kappa shape index (κ3) is 5.62. The van der Waals surface area contributed by atoms with Crippen molar-refractivity contribution in [1.29, 1.82) is 0 Å². The summed E-state index contributed by atoms with van der Waals surface area (Å²) in [5.41, 5.74) is 1.38. The lowest BCUT2D eigenvalue weighted by Gasteiger charge is -2.22. The Morgan fingerprint density at radius 2 is 1.86 bits per heavy atom. The van der Waals surface area contributed by atoms with Crippen LogP contribution >= 0.6 is 0 Å². The summed E-state index contributed by atoms with van der Waals surface area (Å²) in [5, 5.41) is 8.70. The van der Waals surface area contributed by atoms with E-state index < -0.39 is 10.0 Å². The molecule has 0 fully saturated rings. The Morgan fingerprint density at radius 1 is 1.11 bits per heavy atom. The maximum Gasteiger partial charge on any atom is 0.209 e. The van der Waals surface area contributed by atoms with Crippen molar-refractivity contribution in [3.63, 3.8) is 0 Å². The fourth-order valence-corrected chi connectivity index (χ4v) is 4.55. The smallest absolute Gasteiger partial charge is 0.209 e. The lowest BCUT2D eigenvalue weighted by atomic mass is 10.1. The van der Waals surface area contributed by atoms with E-state index in [0.717, 1.165) is 57.1 Å². The monoisotopic (exact) mass is 405 g/mol. The SMILES string of the molecule is CC(C)[C@@H](NS(C)(=O)=O)c1nnc2n1CCN(CCCc1ccccc1)CC2. The molecule has 1 aliphatic rings. The van der Waals surface area contributed by atoms with Gasteiger partial charge in [-0.2, -0.15) is 0 Å². The molecule has 0 saturated carbocycles. The molecule has 0 amide bonds. The van der Waals surface area contributed by atoms with Gasteiger partial charge in [0, 0.05) is 26.1 Å². The molecule has 8 heteroatoms. The number of benzene rings is 1. The Morgan fingerprint density at radius 3 is 2.54 bits per heavy atom. The third-order valence-electron chi connectivity index (χ3n) is 5.22. The average molecular weight is 406 g/mol. The molecular weight excluding hydrogens is 374 g/mol. The number of aryl methyl sites for hydroxylation is 1. The highest BCUT2D eigenvalue weighted by atomic mass is 32.2. The molecule has 3 rings (SSSR count). The first-order valence-corrected chi connectivity index (χ1v) is 11.9. The van der Waals surface area contributed by atoms with Gasteiger partial charge >= 0.3 is 0 Å². The Hall–Kier alpha value is -1.77. The molecule has 1 aliphatic heterocycles. The summed E-state index contributed by atoms with van der Waals surface area (Å²) in [5.74, 6) is 1.76. The van der Waals surface area contributed by atoms with Crippen LogP contribution in [0.4, 0.5) is 0 Å². The second-order valence-corrected chi connectivity index (χ2v) is 9.70. The van der Waals surface area contributed by atoms with E-state index in [9.17, 15) is 8.42 Å². The first-order chi connectivity index (χ1) is 13.3. The number of sulfonamides is 1. The maximum absolute atomic E-state index is 11.8. The fraction of sp³-hybridized carbons (Fsp3) is 0.600. The molecular formula is C20H31N5O2S. The lowest BCUT2D eigenvalue weighted by molar-refractivity contribution is 0.273. The maximum atomic E-state index is 11.8. The first kappa shape index (κ1) is 21.0. The van der Waals surface area contributed by atoms with E-state index in [0.29, 0.717) is 0 Å². The molecule has 2 heterocycles. The van der Waals surface area contributed by atoms with Crippen LogP contribution in [0.5, 0.6) is 0 Å². The van der Waals surface area contributed by atoms with Crippen molar-refractivity contribution < 1.29 is 8.42 Å². The van der Waals surface area contributed by atoms with Crippen LogP contribution in [0.2, 0.25) is 0 Å². The zero-order valence-corrected chi connectivity index (χ0v) is 17.8. The summed E-state index contributed by atoms with van der Waals surface area (Å²) < 4.78 is 28.4. The Kier molecular flexibility index (Phi) is 6.85. The van der Waals surface area contributed by atoms with Gasteiger partial charge in [0.25, 0.3) is 0 Å². The molecule has 0 unspecified atom stereocenters. The highest BCUT2D eigenvalue weighted by Gasteiger charge is 2.28. The minimum atomic E-state index is -3.32. The summed E-state index contributed by atoms with van der Waals surface area (Å²) in [4.78, 5) is 2.47. The number of hydrogen-bond acceptors (Lipinski definition) is 5. The Labute approximate surface area is 168 Å². The van der Waals surface area contributed by atoms with Crippen LogP contribution < -0.4 is 4.72 Å². The molecule has 1 atom stereocenters. The van der Waals surface area contributed by atoms with E-state index in [-0.39, 0.29) is 12.0 Å². The normalized spacial score (nSPS) is 16.7. The van der Waals surface area contributed by atoms with Crippen LogP contribution in [0, 0.1) is 5.92 Å². The molecule has 1 aromatic carbocycles. The van der Waals surface area contributed by atoms with E-state index in [1.54, 1.807) is 0 Å². The second-order valence-electron chi connectivity index (χ2n) is 7.92. The summed E-state index contributed by atoms with van der Waals surface area (Å²) in [7, 11) is -3.32. The van der Waals surface area contributed by atoms with Gasteiger partial charge < -0.3 is 9.47 Å². The molecule has 1 aromatic heterocycles. The average Bonchev–Trinajstić information content (AvgIpc) is 2.93. The predicted molar refractivity (Wildman–Crippen MR) is 110 cm³/mol. The van der Waals surface area contributed by atoms with Gasteiger partial charge in [-0.05, 0) is 30.9 Å². The highest BCUT2D eigenvalue weighted by Crippen LogP contribution is 2.23. The number of fused-ring (bicyclic) bond motifs is 1. The van der Waals surface area contributed by atoms with Gasteiger partial charge in [-0.1, -0.05) is 44.2 Å². The topological polar surface area (TPSA) is 80.1 Å². The second kappa shape index (κ2) is 9.15. The lowest BCUT2D eigenvalue weighted by Crippen LogP contribution is -2.34. The molecule has 154 valence electrons. The summed E-state index contributed by atoms with van der Waals surface area (Å²) >= 11 is 0. The summed E-state index contributed by atoms with van der Waals surface area (Å²) in [6.07, 6.45) is 4.24. The van der Waals surface area contributed by atoms with Gasteiger partial charge in [0.15, 0.2) is 5.82 Å². The molecule has 0 saturated heterocycles. The number of nitrogens with one attached hydrogen (secondary N) is 1. The zero-order chi connectivity index (χ0) is 20.1. The Balaban J connectivity index is 1.62. The van der Waals surface area contributed by atoms with Crippen molar-refractivity contribution in [2.45, 2.75) is 45.7 Å². The van der Waals surface area contributed by atoms with Gasteiger partial charge in [0.05, 0.1) is 12.3 Å². The standard InChI is InChI=1S/C20H31N5O2S/c1-16(2)19(23-28(3,26)27)20-22-21-18-11-13-24(14-15-25(18)20)12-7-10-17-8-5-4-6-9-17/h4-6,8-9,16,19,23H,7,10-15H2,1-3H3/t19-/m1/s1. The minimum Gasteiger partial charge on any atom is -0.312 e. The van der Waals surface area contributed by atoms with Gasteiger partial charge in [-0.15, -0.1) is 10.2 Å². The van der Waals surface area contributed by atoms with Crippen LogP contribution in [0.15, 0.2) is 30.3 Å². The van der Waals surface area contributed by atoms with Crippen LogP contribution in [0.1, 0.15) is 43.5 Å². The van der Waals surface area contributed by atoms with E-state index in [1.807, 2.05) is 13.8 Å². The quantitative estimate of drug-likeness (QED) is 0.727. The van der Waals surface area contributed by atoms with E-state index in [2.05, 4.69) is 54.7 Å². The Bertz CT molecular complexity index is 864. The van der Waals surface area contributed by atoms with Crippen molar-refractivity contribution in [3.05, 3.63) is 47.5 Å². The molecule has 7 nitrogen and oxygen atoms in total. The van der Waals surface area contributed by atoms with Crippen molar-refractivity contribution in [2.75, 3.05) is 25.9 Å². The third-order valence-corrected chi connectivity index (χ3v) is 5.90. The first-order valence-electron chi connectivity index (χ1n) is 9.99. The fourth-order valence-electron chi connectivity index (χ4n) is 3.71. The van der Waals surface area contributed by atoms with Crippen LogP contribution in [0.25, 0.3) is 0 Å². The summed E-state index contributed by atoms with van der Waals surface area (Å²) in [6, 6.07) is 10.2. The molecule has 0 radical (unpaired) electrons. The number of nitrogens with zero attached hydrogens (tertiary/aromatic N) is 4. The van der Waals surface area contributed by atoms with Crippen molar-refractivity contribution in [2.24, 2.45) is 5.92 Å². The van der Waals surface area contributed by atoms with Crippen molar-refractivity contribution in [1.82, 2.24) is 24.4 Å². The van der Waals surface area contributed by atoms with E-state index in [4.69, 9.17) is 0 Å².